The number of carbonyl (C=O) groups excluding carboxylic acids is 1. The van der Waals surface area contributed by atoms with Gasteiger partial charge in [-0.3, -0.25) is 0 Å². The predicted octanol–water partition coefficient (Wildman–Crippen LogP) is 2.53. The molecule has 0 saturated heterocycles. The average molecular weight is 290 g/mol. The highest BCUT2D eigenvalue weighted by molar-refractivity contribution is 8.00. The number of hydrogen-bond donors (Lipinski definition) is 0. The third-order valence-corrected chi connectivity index (χ3v) is 3.59. The first-order chi connectivity index (χ1) is 9.76. The summed E-state index contributed by atoms with van der Waals surface area (Å²) in [5.41, 5.74) is 0.901. The normalized spacial score (nSPS) is 11.7. The number of ether oxygens (including phenoxy) is 2. The topological polar surface area (TPSA) is 61.3 Å². The molecule has 1 unspecified atom stereocenters. The second kappa shape index (κ2) is 6.91. The van der Waals surface area contributed by atoms with Crippen LogP contribution in [0, 0.1) is 0 Å². The van der Waals surface area contributed by atoms with Crippen molar-refractivity contribution in [3.05, 3.63) is 42.0 Å². The summed E-state index contributed by atoms with van der Waals surface area (Å²) in [7, 11) is 3.04. The van der Waals surface area contributed by atoms with Crippen LogP contribution in [0.25, 0.3) is 0 Å². The molecular weight excluding hydrogens is 276 g/mol. The number of aromatic nitrogens is 2. The van der Waals surface area contributed by atoms with E-state index in [0.717, 1.165) is 11.8 Å². The van der Waals surface area contributed by atoms with Gasteiger partial charge in [-0.05, 0) is 5.56 Å². The van der Waals surface area contributed by atoms with Crippen LogP contribution in [-0.2, 0) is 4.79 Å². The second-order valence-corrected chi connectivity index (χ2v) is 4.93. The lowest BCUT2D eigenvalue weighted by Crippen LogP contribution is -2.00. The van der Waals surface area contributed by atoms with Crippen LogP contribution in [0.15, 0.2) is 41.6 Å². The average Bonchev–Trinajstić information content (AvgIpc) is 2.53. The summed E-state index contributed by atoms with van der Waals surface area (Å²) in [6, 6.07) is 11.1. The fraction of sp³-hybridized carbons (Fsp3) is 0.214. The predicted molar refractivity (Wildman–Crippen MR) is 76.2 cm³/mol. The Morgan fingerprint density at radius 1 is 1.10 bits per heavy atom. The molecule has 1 atom stereocenters. The molecule has 0 amide bonds. The van der Waals surface area contributed by atoms with E-state index in [9.17, 15) is 4.79 Å². The van der Waals surface area contributed by atoms with Crippen LogP contribution in [0.5, 0.6) is 11.8 Å². The van der Waals surface area contributed by atoms with E-state index in [-0.39, 0.29) is 5.25 Å². The number of aldehydes is 1. The molecule has 1 aromatic carbocycles. The van der Waals surface area contributed by atoms with Gasteiger partial charge in [0, 0.05) is 0 Å². The van der Waals surface area contributed by atoms with Crippen molar-refractivity contribution in [2.75, 3.05) is 14.2 Å². The summed E-state index contributed by atoms with van der Waals surface area (Å²) in [5, 5.41) is 0.0650. The lowest BCUT2D eigenvalue weighted by atomic mass is 10.2. The van der Waals surface area contributed by atoms with Crippen LogP contribution in [0.4, 0.5) is 0 Å². The largest absolute Gasteiger partial charge is 0.481 e. The lowest BCUT2D eigenvalue weighted by molar-refractivity contribution is -0.107. The van der Waals surface area contributed by atoms with E-state index >= 15 is 0 Å². The van der Waals surface area contributed by atoms with Gasteiger partial charge in [-0.1, -0.05) is 42.1 Å². The Labute approximate surface area is 121 Å². The number of rotatable bonds is 6. The van der Waals surface area contributed by atoms with E-state index in [2.05, 4.69) is 9.97 Å². The molecule has 2 rings (SSSR count). The van der Waals surface area contributed by atoms with Crippen molar-refractivity contribution in [1.29, 1.82) is 0 Å². The molecule has 6 heteroatoms. The number of benzene rings is 1. The molecule has 0 aliphatic heterocycles. The van der Waals surface area contributed by atoms with Gasteiger partial charge in [0.1, 0.15) is 6.29 Å². The monoisotopic (exact) mass is 290 g/mol. The SMILES string of the molecule is COc1cc(OC)nc(SC(C=O)c2ccccc2)n1. The van der Waals surface area contributed by atoms with Gasteiger partial charge in [-0.25, -0.2) is 0 Å². The van der Waals surface area contributed by atoms with E-state index < -0.39 is 0 Å². The van der Waals surface area contributed by atoms with Crippen LogP contribution in [0.1, 0.15) is 10.8 Å². The van der Waals surface area contributed by atoms with Gasteiger partial charge in [0.15, 0.2) is 5.16 Å². The molecule has 2 aromatic rings. The number of hydrogen-bond acceptors (Lipinski definition) is 6. The van der Waals surface area contributed by atoms with Gasteiger partial charge in [0.25, 0.3) is 0 Å². The van der Waals surface area contributed by atoms with Gasteiger partial charge in [0.2, 0.25) is 11.8 Å². The molecule has 0 spiro atoms. The zero-order chi connectivity index (χ0) is 14.4. The Bertz CT molecular complexity index is 556. The standard InChI is InChI=1S/C14H14N2O3S/c1-18-12-8-13(19-2)16-14(15-12)20-11(9-17)10-6-4-3-5-7-10/h3-9,11H,1-2H3. The molecular formula is C14H14N2O3S. The second-order valence-electron chi connectivity index (χ2n) is 3.82. The molecule has 0 N–H and O–H groups in total. The Kier molecular flexibility index (Phi) is 4.95. The lowest BCUT2D eigenvalue weighted by Gasteiger charge is -2.10. The fourth-order valence-corrected chi connectivity index (χ4v) is 2.44. The molecule has 1 aromatic heterocycles. The molecule has 0 fully saturated rings. The summed E-state index contributed by atoms with van der Waals surface area (Å²) < 4.78 is 10.2. The van der Waals surface area contributed by atoms with Crippen molar-refractivity contribution in [1.82, 2.24) is 9.97 Å². The summed E-state index contributed by atoms with van der Waals surface area (Å²) in [4.78, 5) is 19.7. The Morgan fingerprint density at radius 2 is 1.70 bits per heavy atom. The molecule has 0 saturated carbocycles. The van der Waals surface area contributed by atoms with Gasteiger partial charge in [-0.2, -0.15) is 9.97 Å². The van der Waals surface area contributed by atoms with E-state index in [1.165, 1.54) is 26.0 Å². The summed E-state index contributed by atoms with van der Waals surface area (Å²) in [6.07, 6.45) is 0.870. The van der Waals surface area contributed by atoms with Crippen LogP contribution < -0.4 is 9.47 Å². The molecule has 0 aliphatic rings. The third kappa shape index (κ3) is 3.48. The first kappa shape index (κ1) is 14.3. The van der Waals surface area contributed by atoms with Crippen molar-refractivity contribution >= 4 is 18.0 Å². The molecule has 5 nitrogen and oxygen atoms in total. The zero-order valence-electron chi connectivity index (χ0n) is 11.1. The van der Waals surface area contributed by atoms with Crippen LogP contribution in [0.2, 0.25) is 0 Å². The van der Waals surface area contributed by atoms with Crippen molar-refractivity contribution in [3.8, 4) is 11.8 Å². The first-order valence-corrected chi connectivity index (χ1v) is 6.78. The number of methoxy groups -OCH3 is 2. The third-order valence-electron chi connectivity index (χ3n) is 2.56. The van der Waals surface area contributed by atoms with Crippen molar-refractivity contribution in [2.45, 2.75) is 10.4 Å². The maximum atomic E-state index is 11.3. The molecule has 0 radical (unpaired) electrons. The summed E-state index contributed by atoms with van der Waals surface area (Å²) >= 11 is 1.25. The minimum absolute atomic E-state index is 0.368. The first-order valence-electron chi connectivity index (χ1n) is 5.90. The van der Waals surface area contributed by atoms with E-state index in [0.29, 0.717) is 16.9 Å². The van der Waals surface area contributed by atoms with E-state index in [1.807, 2.05) is 30.3 Å². The number of nitrogens with zero attached hydrogens (tertiary/aromatic N) is 2. The minimum Gasteiger partial charge on any atom is -0.481 e. The van der Waals surface area contributed by atoms with E-state index in [1.54, 1.807) is 6.07 Å². The summed E-state index contributed by atoms with van der Waals surface area (Å²) in [6.45, 7) is 0. The Balaban J connectivity index is 2.25. The minimum atomic E-state index is -0.368. The van der Waals surface area contributed by atoms with Gasteiger partial charge in [-0.15, -0.1) is 0 Å². The highest BCUT2D eigenvalue weighted by atomic mass is 32.2. The maximum absolute atomic E-state index is 11.3. The fourth-order valence-electron chi connectivity index (χ4n) is 1.58. The molecule has 1 heterocycles. The van der Waals surface area contributed by atoms with Crippen LogP contribution >= 0.6 is 11.8 Å². The molecule has 20 heavy (non-hydrogen) atoms. The quantitative estimate of drug-likeness (QED) is 0.463. The Morgan fingerprint density at radius 3 is 2.20 bits per heavy atom. The highest BCUT2D eigenvalue weighted by Crippen LogP contribution is 2.33. The van der Waals surface area contributed by atoms with Crippen molar-refractivity contribution in [2.24, 2.45) is 0 Å². The summed E-state index contributed by atoms with van der Waals surface area (Å²) in [5.74, 6) is 0.800. The smallest absolute Gasteiger partial charge is 0.220 e. The van der Waals surface area contributed by atoms with Gasteiger partial charge < -0.3 is 14.3 Å². The van der Waals surface area contributed by atoms with Gasteiger partial charge >= 0.3 is 0 Å². The number of carbonyl (C=O) groups is 1. The van der Waals surface area contributed by atoms with E-state index in [4.69, 9.17) is 9.47 Å². The molecule has 0 aliphatic carbocycles. The van der Waals surface area contributed by atoms with Gasteiger partial charge in [0.05, 0.1) is 25.5 Å². The number of thioether (sulfide) groups is 1. The van der Waals surface area contributed by atoms with Crippen LogP contribution in [0.3, 0.4) is 0 Å². The highest BCUT2D eigenvalue weighted by Gasteiger charge is 2.15. The maximum Gasteiger partial charge on any atom is 0.220 e. The molecule has 104 valence electrons. The van der Waals surface area contributed by atoms with Crippen LogP contribution in [-0.4, -0.2) is 30.5 Å². The van der Waals surface area contributed by atoms with Crippen molar-refractivity contribution < 1.29 is 14.3 Å². The molecule has 0 bridgehead atoms. The Hall–Kier alpha value is -2.08. The zero-order valence-corrected chi connectivity index (χ0v) is 12.0. The van der Waals surface area contributed by atoms with Crippen molar-refractivity contribution in [3.63, 3.8) is 0 Å².